The van der Waals surface area contributed by atoms with Gasteiger partial charge in [0, 0.05) is 6.54 Å². The van der Waals surface area contributed by atoms with Crippen molar-refractivity contribution in [2.45, 2.75) is 52.6 Å². The molecule has 108 valence electrons. The number of carbonyl (C=O) groups excluding carboxylic acids is 2. The average molecular weight is 267 g/mol. The first kappa shape index (κ1) is 14.4. The van der Waals surface area contributed by atoms with E-state index in [-0.39, 0.29) is 18.0 Å². The highest BCUT2D eigenvalue weighted by molar-refractivity contribution is 5.99. The lowest BCUT2D eigenvalue weighted by Gasteiger charge is -2.37. The van der Waals surface area contributed by atoms with Crippen LogP contribution in [0.15, 0.2) is 0 Å². The minimum Gasteiger partial charge on any atom is -0.461 e. The van der Waals surface area contributed by atoms with Gasteiger partial charge in [-0.05, 0) is 37.0 Å². The molecule has 1 N–H and O–H groups in total. The topological polar surface area (TPSA) is 55.4 Å². The van der Waals surface area contributed by atoms with Crippen LogP contribution in [0.5, 0.6) is 0 Å². The molecule has 2 rings (SSSR count). The van der Waals surface area contributed by atoms with Gasteiger partial charge >= 0.3 is 5.97 Å². The zero-order chi connectivity index (χ0) is 14.0. The van der Waals surface area contributed by atoms with Crippen LogP contribution in [0.4, 0.5) is 0 Å². The number of rotatable bonds is 3. The second-order valence-corrected chi connectivity index (χ2v) is 6.43. The lowest BCUT2D eigenvalue weighted by molar-refractivity contribution is -0.162. The first-order valence-electron chi connectivity index (χ1n) is 7.47. The highest BCUT2D eigenvalue weighted by Gasteiger charge is 2.38. The molecule has 0 bridgehead atoms. The Balaban J connectivity index is 1.98. The normalized spacial score (nSPS) is 35.3. The van der Waals surface area contributed by atoms with Gasteiger partial charge in [-0.3, -0.25) is 9.59 Å². The van der Waals surface area contributed by atoms with E-state index < -0.39 is 5.92 Å². The molecule has 19 heavy (non-hydrogen) atoms. The minimum atomic E-state index is -0.579. The molecule has 1 saturated heterocycles. The Bertz CT molecular complexity index is 353. The van der Waals surface area contributed by atoms with Crippen LogP contribution >= 0.6 is 0 Å². The van der Waals surface area contributed by atoms with E-state index in [0.29, 0.717) is 30.7 Å². The van der Waals surface area contributed by atoms with E-state index in [2.05, 4.69) is 26.1 Å². The van der Waals surface area contributed by atoms with Gasteiger partial charge in [0.25, 0.3) is 0 Å². The predicted molar refractivity (Wildman–Crippen MR) is 72.3 cm³/mol. The summed E-state index contributed by atoms with van der Waals surface area (Å²) < 4.78 is 5.69. The fourth-order valence-electron chi connectivity index (χ4n) is 3.30. The number of hydrogen-bond acceptors (Lipinski definition) is 3. The van der Waals surface area contributed by atoms with Crippen molar-refractivity contribution < 1.29 is 14.3 Å². The summed E-state index contributed by atoms with van der Waals surface area (Å²) >= 11 is 0. The van der Waals surface area contributed by atoms with Crippen molar-refractivity contribution in [3.05, 3.63) is 0 Å². The number of ether oxygens (including phenoxy) is 1. The standard InChI is InChI=1S/C15H25NO3/c1-9(2)11-5-4-10(3)8-13(11)19-15(18)12-6-7-16-14(12)17/h9-13H,4-8H2,1-3H3,(H,16,17). The summed E-state index contributed by atoms with van der Waals surface area (Å²) in [6.07, 6.45) is 3.83. The third-order valence-corrected chi connectivity index (χ3v) is 4.56. The van der Waals surface area contributed by atoms with Gasteiger partial charge in [-0.25, -0.2) is 0 Å². The van der Waals surface area contributed by atoms with Crippen molar-refractivity contribution >= 4 is 11.9 Å². The van der Waals surface area contributed by atoms with Gasteiger partial charge < -0.3 is 10.1 Å². The molecule has 1 aliphatic carbocycles. The maximum absolute atomic E-state index is 12.1. The Morgan fingerprint density at radius 1 is 1.32 bits per heavy atom. The third-order valence-electron chi connectivity index (χ3n) is 4.56. The summed E-state index contributed by atoms with van der Waals surface area (Å²) in [5.41, 5.74) is 0. The Labute approximate surface area is 115 Å². The van der Waals surface area contributed by atoms with Crippen LogP contribution in [0.25, 0.3) is 0 Å². The van der Waals surface area contributed by atoms with Crippen molar-refractivity contribution in [2.75, 3.05) is 6.54 Å². The monoisotopic (exact) mass is 267 g/mol. The smallest absolute Gasteiger partial charge is 0.318 e. The Hall–Kier alpha value is -1.06. The SMILES string of the molecule is CC1CCC(C(C)C)C(OC(=O)C2CCNC2=O)C1. The second kappa shape index (κ2) is 5.93. The number of esters is 1. The van der Waals surface area contributed by atoms with Gasteiger partial charge in [0.2, 0.25) is 5.91 Å². The summed E-state index contributed by atoms with van der Waals surface area (Å²) in [5.74, 6) is 0.484. The van der Waals surface area contributed by atoms with Crippen LogP contribution in [-0.4, -0.2) is 24.5 Å². The van der Waals surface area contributed by atoms with Crippen molar-refractivity contribution in [1.82, 2.24) is 5.32 Å². The molecule has 2 aliphatic rings. The molecule has 1 saturated carbocycles. The first-order chi connectivity index (χ1) is 8.99. The number of carbonyl (C=O) groups is 2. The average Bonchev–Trinajstić information content (AvgIpc) is 2.75. The summed E-state index contributed by atoms with van der Waals surface area (Å²) in [7, 11) is 0. The lowest BCUT2D eigenvalue weighted by atomic mass is 9.75. The molecule has 1 amide bonds. The molecule has 0 aromatic carbocycles. The summed E-state index contributed by atoms with van der Waals surface area (Å²) in [6.45, 7) is 7.17. The Morgan fingerprint density at radius 3 is 2.63 bits per heavy atom. The second-order valence-electron chi connectivity index (χ2n) is 6.43. The molecule has 0 aromatic heterocycles. The fourth-order valence-corrected chi connectivity index (χ4v) is 3.30. The number of hydrogen-bond donors (Lipinski definition) is 1. The molecule has 2 fully saturated rings. The van der Waals surface area contributed by atoms with Gasteiger partial charge in [0.05, 0.1) is 0 Å². The van der Waals surface area contributed by atoms with Crippen molar-refractivity contribution in [2.24, 2.45) is 23.7 Å². The van der Waals surface area contributed by atoms with E-state index in [4.69, 9.17) is 4.74 Å². The molecule has 1 heterocycles. The molecule has 4 atom stereocenters. The van der Waals surface area contributed by atoms with Crippen molar-refractivity contribution in [3.8, 4) is 0 Å². The molecular formula is C15H25NO3. The van der Waals surface area contributed by atoms with Gasteiger partial charge in [-0.2, -0.15) is 0 Å². The Kier molecular flexibility index (Phi) is 4.48. The molecular weight excluding hydrogens is 242 g/mol. The first-order valence-corrected chi connectivity index (χ1v) is 7.47. The maximum atomic E-state index is 12.1. The molecule has 4 nitrogen and oxygen atoms in total. The van der Waals surface area contributed by atoms with Gasteiger partial charge in [0.1, 0.15) is 12.0 Å². The predicted octanol–water partition coefficient (Wildman–Crippen LogP) is 2.13. The van der Waals surface area contributed by atoms with E-state index in [1.165, 1.54) is 6.42 Å². The minimum absolute atomic E-state index is 0.00958. The van der Waals surface area contributed by atoms with Crippen LogP contribution in [0.1, 0.15) is 46.5 Å². The van der Waals surface area contributed by atoms with Crippen LogP contribution in [0, 0.1) is 23.7 Å². The molecule has 4 unspecified atom stereocenters. The summed E-state index contributed by atoms with van der Waals surface area (Å²) in [4.78, 5) is 23.6. The summed E-state index contributed by atoms with van der Waals surface area (Å²) in [6, 6.07) is 0. The number of nitrogens with one attached hydrogen (secondary N) is 1. The highest BCUT2D eigenvalue weighted by Crippen LogP contribution is 2.35. The fraction of sp³-hybridized carbons (Fsp3) is 0.867. The highest BCUT2D eigenvalue weighted by atomic mass is 16.5. The number of amides is 1. The van der Waals surface area contributed by atoms with Crippen molar-refractivity contribution in [1.29, 1.82) is 0 Å². The largest absolute Gasteiger partial charge is 0.461 e. The van der Waals surface area contributed by atoms with E-state index in [9.17, 15) is 9.59 Å². The molecule has 4 heteroatoms. The quantitative estimate of drug-likeness (QED) is 0.629. The van der Waals surface area contributed by atoms with Crippen molar-refractivity contribution in [3.63, 3.8) is 0 Å². The molecule has 0 aromatic rings. The molecule has 0 radical (unpaired) electrons. The van der Waals surface area contributed by atoms with Crippen LogP contribution < -0.4 is 5.32 Å². The van der Waals surface area contributed by atoms with E-state index in [1.807, 2.05) is 0 Å². The lowest BCUT2D eigenvalue weighted by Crippen LogP contribution is -2.38. The maximum Gasteiger partial charge on any atom is 0.318 e. The van der Waals surface area contributed by atoms with Crippen LogP contribution in [0.2, 0.25) is 0 Å². The van der Waals surface area contributed by atoms with E-state index >= 15 is 0 Å². The van der Waals surface area contributed by atoms with Crippen LogP contribution in [-0.2, 0) is 14.3 Å². The van der Waals surface area contributed by atoms with Gasteiger partial charge in [-0.1, -0.05) is 27.2 Å². The van der Waals surface area contributed by atoms with E-state index in [0.717, 1.165) is 12.8 Å². The molecule has 0 spiro atoms. The van der Waals surface area contributed by atoms with E-state index in [1.54, 1.807) is 0 Å². The zero-order valence-corrected chi connectivity index (χ0v) is 12.1. The van der Waals surface area contributed by atoms with Gasteiger partial charge in [0.15, 0.2) is 0 Å². The zero-order valence-electron chi connectivity index (χ0n) is 12.1. The summed E-state index contributed by atoms with van der Waals surface area (Å²) in [5, 5.41) is 2.69. The Morgan fingerprint density at radius 2 is 2.05 bits per heavy atom. The third kappa shape index (κ3) is 3.28. The van der Waals surface area contributed by atoms with Crippen LogP contribution in [0.3, 0.4) is 0 Å². The van der Waals surface area contributed by atoms with Gasteiger partial charge in [-0.15, -0.1) is 0 Å². The molecule has 1 aliphatic heterocycles.